The van der Waals surface area contributed by atoms with Crippen LogP contribution in [-0.4, -0.2) is 30.6 Å². The van der Waals surface area contributed by atoms with E-state index in [9.17, 15) is 0 Å². The van der Waals surface area contributed by atoms with Gasteiger partial charge in [0, 0.05) is 11.6 Å². The molecule has 0 aromatic rings. The van der Waals surface area contributed by atoms with Crippen LogP contribution in [0.1, 0.15) is 46.5 Å². The zero-order valence-electron chi connectivity index (χ0n) is 11.6. The number of nitrogens with zero attached hydrogens (tertiary/aromatic N) is 1. The topological polar surface area (TPSA) is 29.3 Å². The Labute approximate surface area is 101 Å². The fourth-order valence-corrected chi connectivity index (χ4v) is 3.09. The normalized spacial score (nSPS) is 32.6. The largest absolute Gasteiger partial charge is 0.323 e. The quantitative estimate of drug-likeness (QED) is 0.747. The lowest BCUT2D eigenvalue weighted by atomic mass is 9.71. The van der Waals surface area contributed by atoms with Crippen LogP contribution in [0.3, 0.4) is 0 Å². The van der Waals surface area contributed by atoms with Crippen LogP contribution >= 0.6 is 0 Å². The minimum absolute atomic E-state index is 0.162. The van der Waals surface area contributed by atoms with Crippen molar-refractivity contribution in [2.45, 2.75) is 58.0 Å². The first-order valence-electron chi connectivity index (χ1n) is 6.46. The molecule has 1 rings (SSSR count). The van der Waals surface area contributed by atoms with E-state index in [4.69, 9.17) is 5.73 Å². The molecule has 0 bridgehead atoms. The van der Waals surface area contributed by atoms with Gasteiger partial charge in [0.15, 0.2) is 0 Å². The van der Waals surface area contributed by atoms with Gasteiger partial charge in [0.25, 0.3) is 0 Å². The monoisotopic (exact) mass is 224 g/mol. The molecule has 0 aromatic heterocycles. The molecule has 2 N–H and O–H groups in total. The van der Waals surface area contributed by atoms with E-state index in [0.717, 1.165) is 5.92 Å². The Morgan fingerprint density at radius 2 is 2.06 bits per heavy atom. The zero-order valence-corrected chi connectivity index (χ0v) is 11.6. The summed E-state index contributed by atoms with van der Waals surface area (Å²) in [5.74, 6) is 0.799. The molecule has 1 saturated carbocycles. The maximum Gasteiger partial charge on any atom is 0.0413 e. The van der Waals surface area contributed by atoms with Gasteiger partial charge in [-0.05, 0) is 46.7 Å². The van der Waals surface area contributed by atoms with Gasteiger partial charge in [-0.25, -0.2) is 0 Å². The minimum Gasteiger partial charge on any atom is -0.323 e. The summed E-state index contributed by atoms with van der Waals surface area (Å²) in [6, 6.07) is 0.162. The Kier molecular flexibility index (Phi) is 4.57. The summed E-state index contributed by atoms with van der Waals surface area (Å²) in [4.78, 5) is 2.35. The van der Waals surface area contributed by atoms with Crippen LogP contribution in [0, 0.1) is 5.92 Å². The van der Waals surface area contributed by atoms with Gasteiger partial charge in [0.2, 0.25) is 0 Å². The first-order chi connectivity index (χ1) is 7.38. The SMILES string of the molecule is CC(C)=CC(N)C1(N(C)C)CCCC(C)C1. The fourth-order valence-electron chi connectivity index (χ4n) is 3.09. The van der Waals surface area contributed by atoms with Crippen LogP contribution in [0.15, 0.2) is 11.6 Å². The third-order valence-corrected chi connectivity index (χ3v) is 4.03. The van der Waals surface area contributed by atoms with E-state index in [-0.39, 0.29) is 11.6 Å². The predicted molar refractivity (Wildman–Crippen MR) is 71.5 cm³/mol. The molecule has 3 unspecified atom stereocenters. The Hall–Kier alpha value is -0.340. The van der Waals surface area contributed by atoms with Crippen LogP contribution < -0.4 is 5.73 Å². The van der Waals surface area contributed by atoms with Gasteiger partial charge in [-0.15, -0.1) is 0 Å². The molecule has 2 nitrogen and oxygen atoms in total. The van der Waals surface area contributed by atoms with Crippen molar-refractivity contribution in [1.29, 1.82) is 0 Å². The van der Waals surface area contributed by atoms with Crippen molar-refractivity contribution >= 4 is 0 Å². The van der Waals surface area contributed by atoms with E-state index in [2.05, 4.69) is 45.8 Å². The van der Waals surface area contributed by atoms with Crippen molar-refractivity contribution in [1.82, 2.24) is 4.90 Å². The lowest BCUT2D eigenvalue weighted by Crippen LogP contribution is -2.58. The minimum atomic E-state index is 0.162. The lowest BCUT2D eigenvalue weighted by molar-refractivity contribution is 0.0637. The van der Waals surface area contributed by atoms with Crippen molar-refractivity contribution in [2.24, 2.45) is 11.7 Å². The molecule has 94 valence electrons. The lowest BCUT2D eigenvalue weighted by Gasteiger charge is -2.48. The standard InChI is InChI=1S/C14H28N2/c1-11(2)9-13(15)14(16(4)5)8-6-7-12(3)10-14/h9,12-13H,6-8,10,15H2,1-5H3. The molecule has 3 atom stereocenters. The summed E-state index contributed by atoms with van der Waals surface area (Å²) in [6.45, 7) is 6.62. The highest BCUT2D eigenvalue weighted by Gasteiger charge is 2.40. The van der Waals surface area contributed by atoms with Gasteiger partial charge in [-0.2, -0.15) is 0 Å². The van der Waals surface area contributed by atoms with Crippen molar-refractivity contribution < 1.29 is 0 Å². The molecular weight excluding hydrogens is 196 g/mol. The number of allylic oxidation sites excluding steroid dienone is 1. The molecule has 1 aliphatic carbocycles. The first kappa shape index (κ1) is 13.7. The van der Waals surface area contributed by atoms with Crippen LogP contribution in [0.2, 0.25) is 0 Å². The van der Waals surface area contributed by atoms with Crippen LogP contribution in [0.25, 0.3) is 0 Å². The third kappa shape index (κ3) is 2.86. The molecule has 2 heteroatoms. The average molecular weight is 224 g/mol. The molecule has 1 fully saturated rings. The molecule has 1 aliphatic rings. The molecular formula is C14H28N2. The summed E-state index contributed by atoms with van der Waals surface area (Å²) < 4.78 is 0. The maximum atomic E-state index is 6.43. The summed E-state index contributed by atoms with van der Waals surface area (Å²) in [5, 5.41) is 0. The first-order valence-corrected chi connectivity index (χ1v) is 6.46. The Bertz CT molecular complexity index is 253. The molecule has 0 aromatic carbocycles. The van der Waals surface area contributed by atoms with Gasteiger partial charge in [-0.3, -0.25) is 0 Å². The van der Waals surface area contributed by atoms with E-state index in [1.807, 2.05) is 0 Å². The van der Waals surface area contributed by atoms with Crippen molar-refractivity contribution in [2.75, 3.05) is 14.1 Å². The highest BCUT2D eigenvalue weighted by molar-refractivity contribution is 5.12. The third-order valence-electron chi connectivity index (χ3n) is 4.03. The second kappa shape index (κ2) is 5.33. The maximum absolute atomic E-state index is 6.43. The van der Waals surface area contributed by atoms with Crippen LogP contribution in [0.5, 0.6) is 0 Å². The molecule has 16 heavy (non-hydrogen) atoms. The fraction of sp³-hybridized carbons (Fsp3) is 0.857. The number of hydrogen-bond acceptors (Lipinski definition) is 2. The predicted octanol–water partition coefficient (Wildman–Crippen LogP) is 2.79. The van der Waals surface area contributed by atoms with Gasteiger partial charge in [0.1, 0.15) is 0 Å². The van der Waals surface area contributed by atoms with E-state index >= 15 is 0 Å². The average Bonchev–Trinajstić information content (AvgIpc) is 2.16. The molecule has 0 saturated heterocycles. The number of hydrogen-bond donors (Lipinski definition) is 1. The summed E-state index contributed by atoms with van der Waals surface area (Å²) in [6.07, 6.45) is 7.36. The highest BCUT2D eigenvalue weighted by atomic mass is 15.2. The zero-order chi connectivity index (χ0) is 12.3. The van der Waals surface area contributed by atoms with E-state index in [1.54, 1.807) is 0 Å². The number of likely N-dealkylation sites (N-methyl/N-ethyl adjacent to an activating group) is 1. The van der Waals surface area contributed by atoms with Gasteiger partial charge < -0.3 is 10.6 Å². The van der Waals surface area contributed by atoms with Gasteiger partial charge in [-0.1, -0.05) is 31.4 Å². The van der Waals surface area contributed by atoms with Gasteiger partial charge in [0.05, 0.1) is 0 Å². The van der Waals surface area contributed by atoms with Gasteiger partial charge >= 0.3 is 0 Å². The van der Waals surface area contributed by atoms with E-state index < -0.39 is 0 Å². The molecule has 0 aliphatic heterocycles. The summed E-state index contributed by atoms with van der Waals surface area (Å²) in [7, 11) is 4.35. The van der Waals surface area contributed by atoms with Crippen LogP contribution in [-0.2, 0) is 0 Å². The Balaban J connectivity index is 2.91. The Morgan fingerprint density at radius 3 is 2.50 bits per heavy atom. The Morgan fingerprint density at radius 1 is 1.44 bits per heavy atom. The number of nitrogens with two attached hydrogens (primary N) is 1. The molecule has 0 spiro atoms. The molecule has 0 amide bonds. The van der Waals surface area contributed by atoms with Crippen molar-refractivity contribution in [3.63, 3.8) is 0 Å². The summed E-state index contributed by atoms with van der Waals surface area (Å²) >= 11 is 0. The van der Waals surface area contributed by atoms with Crippen molar-refractivity contribution in [3.05, 3.63) is 11.6 Å². The van der Waals surface area contributed by atoms with Crippen molar-refractivity contribution in [3.8, 4) is 0 Å². The van der Waals surface area contributed by atoms with E-state index in [1.165, 1.54) is 31.3 Å². The molecule has 0 radical (unpaired) electrons. The smallest absolute Gasteiger partial charge is 0.0413 e. The highest BCUT2D eigenvalue weighted by Crippen LogP contribution is 2.38. The second-order valence-corrected chi connectivity index (χ2v) is 5.97. The van der Waals surface area contributed by atoms with E-state index in [0.29, 0.717) is 0 Å². The second-order valence-electron chi connectivity index (χ2n) is 5.97. The van der Waals surface area contributed by atoms with Crippen LogP contribution in [0.4, 0.5) is 0 Å². The summed E-state index contributed by atoms with van der Waals surface area (Å²) in [5.41, 5.74) is 7.93. The molecule has 0 heterocycles. The number of rotatable bonds is 3.